The number of aromatic nitrogens is 1. The van der Waals surface area contributed by atoms with E-state index in [1.165, 1.54) is 16.2 Å². The summed E-state index contributed by atoms with van der Waals surface area (Å²) in [5, 5.41) is 11.8. The summed E-state index contributed by atoms with van der Waals surface area (Å²) in [6.45, 7) is 7.84. The molecule has 1 N–H and O–H groups in total. The Morgan fingerprint density at radius 2 is 1.87 bits per heavy atom. The number of aliphatic hydroxyl groups is 1. The van der Waals surface area contributed by atoms with Crippen molar-refractivity contribution in [1.29, 1.82) is 0 Å². The zero-order chi connectivity index (χ0) is 27.0. The summed E-state index contributed by atoms with van der Waals surface area (Å²) in [6, 6.07) is 17.2. The van der Waals surface area contributed by atoms with Crippen LogP contribution in [0.2, 0.25) is 0 Å². The molecule has 1 aliphatic heterocycles. The predicted octanol–water partition coefficient (Wildman–Crippen LogP) is 6.11. The number of thiazole rings is 1. The fraction of sp³-hybridized carbons (Fsp3) is 0.167. The van der Waals surface area contributed by atoms with Gasteiger partial charge in [0.1, 0.15) is 23.9 Å². The maximum atomic E-state index is 13.5. The smallest absolute Gasteiger partial charge is 0.301 e. The number of fused-ring (bicyclic) bond motifs is 1. The highest BCUT2D eigenvalue weighted by atomic mass is 32.1. The Balaban J connectivity index is 1.68. The molecule has 1 aromatic heterocycles. The summed E-state index contributed by atoms with van der Waals surface area (Å²) in [5.74, 6) is -0.510. The lowest BCUT2D eigenvalue weighted by Gasteiger charge is -2.23. The molecule has 3 aromatic carbocycles. The largest absolute Gasteiger partial charge is 0.507 e. The molecule has 0 spiro atoms. The van der Waals surface area contributed by atoms with Gasteiger partial charge in [0.15, 0.2) is 5.13 Å². The molecule has 4 aromatic rings. The van der Waals surface area contributed by atoms with Gasteiger partial charge in [-0.15, -0.1) is 0 Å². The van der Waals surface area contributed by atoms with Gasteiger partial charge in [-0.05, 0) is 73.0 Å². The molecular weight excluding hydrogens is 500 g/mol. The second-order valence-corrected chi connectivity index (χ2v) is 10.00. The topological polar surface area (TPSA) is 89.0 Å². The molecule has 1 saturated heterocycles. The molecule has 2 heterocycles. The molecule has 192 valence electrons. The molecule has 1 atom stereocenters. The van der Waals surface area contributed by atoms with E-state index in [0.717, 1.165) is 21.3 Å². The van der Waals surface area contributed by atoms with Crippen LogP contribution in [0.1, 0.15) is 28.3 Å². The first-order chi connectivity index (χ1) is 18.3. The van der Waals surface area contributed by atoms with Gasteiger partial charge < -0.3 is 14.6 Å². The van der Waals surface area contributed by atoms with Crippen LogP contribution in [-0.2, 0) is 9.59 Å². The number of carbonyl (C=O) groups excluding carboxylic acids is 2. The number of nitrogens with zero attached hydrogens (tertiary/aromatic N) is 2. The number of anilines is 1. The van der Waals surface area contributed by atoms with E-state index in [0.29, 0.717) is 34.4 Å². The molecule has 7 nitrogen and oxygen atoms in total. The van der Waals surface area contributed by atoms with E-state index < -0.39 is 17.7 Å². The lowest BCUT2D eigenvalue weighted by Crippen LogP contribution is -2.29. The van der Waals surface area contributed by atoms with E-state index in [1.54, 1.807) is 55.7 Å². The van der Waals surface area contributed by atoms with Gasteiger partial charge in [-0.3, -0.25) is 14.5 Å². The quantitative estimate of drug-likeness (QED) is 0.135. The Bertz CT molecular complexity index is 1600. The zero-order valence-corrected chi connectivity index (χ0v) is 22.0. The van der Waals surface area contributed by atoms with Crippen molar-refractivity contribution in [3.8, 4) is 11.5 Å². The fourth-order valence-electron chi connectivity index (χ4n) is 4.55. The summed E-state index contributed by atoms with van der Waals surface area (Å²) < 4.78 is 11.8. The van der Waals surface area contributed by atoms with Crippen LogP contribution in [0.15, 0.2) is 78.9 Å². The summed E-state index contributed by atoms with van der Waals surface area (Å²) in [4.78, 5) is 33.0. The minimum absolute atomic E-state index is 0.00485. The van der Waals surface area contributed by atoms with Crippen LogP contribution in [0.25, 0.3) is 16.0 Å². The van der Waals surface area contributed by atoms with Crippen molar-refractivity contribution < 1.29 is 24.2 Å². The van der Waals surface area contributed by atoms with Crippen molar-refractivity contribution in [2.45, 2.75) is 19.9 Å². The van der Waals surface area contributed by atoms with Crippen LogP contribution < -0.4 is 14.4 Å². The SMILES string of the molecule is C=CCOc1ccc(C2/C(=C(\O)c3ccc(OC)c(C)c3)C(=O)C(=O)N2c2nc3ccc(C)cc3s2)cc1. The van der Waals surface area contributed by atoms with Crippen molar-refractivity contribution >= 4 is 44.1 Å². The highest BCUT2D eigenvalue weighted by Crippen LogP contribution is 2.44. The van der Waals surface area contributed by atoms with Crippen molar-refractivity contribution in [2.24, 2.45) is 0 Å². The number of rotatable bonds is 7. The standard InChI is InChI=1S/C30H26N2O5S/c1-5-14-37-21-10-7-19(8-11-21)26-25(27(33)20-9-13-23(36-4)18(3)16-20)28(34)29(35)32(26)30-31-22-12-6-17(2)15-24(22)38-30/h5-13,15-16,26,33H,1,14H2,2-4H3/b27-25+. The summed E-state index contributed by atoms with van der Waals surface area (Å²) >= 11 is 1.33. The first-order valence-electron chi connectivity index (χ1n) is 12.0. The van der Waals surface area contributed by atoms with Gasteiger partial charge in [-0.25, -0.2) is 4.98 Å². The Morgan fingerprint density at radius 3 is 2.55 bits per heavy atom. The number of methoxy groups -OCH3 is 1. The third-order valence-corrected chi connectivity index (χ3v) is 7.43. The average Bonchev–Trinajstić information content (AvgIpc) is 3.44. The second-order valence-electron chi connectivity index (χ2n) is 8.99. The van der Waals surface area contributed by atoms with Crippen molar-refractivity contribution in [3.05, 3.63) is 101 Å². The summed E-state index contributed by atoms with van der Waals surface area (Å²) in [6.07, 6.45) is 1.65. The third kappa shape index (κ3) is 4.43. The molecular formula is C30H26N2O5S. The lowest BCUT2D eigenvalue weighted by molar-refractivity contribution is -0.132. The molecule has 5 rings (SSSR count). The maximum absolute atomic E-state index is 13.5. The number of ether oxygens (including phenoxy) is 2. The Morgan fingerprint density at radius 1 is 1.11 bits per heavy atom. The summed E-state index contributed by atoms with van der Waals surface area (Å²) in [7, 11) is 1.56. The van der Waals surface area contributed by atoms with Gasteiger partial charge in [0.2, 0.25) is 0 Å². The van der Waals surface area contributed by atoms with Crippen LogP contribution >= 0.6 is 11.3 Å². The van der Waals surface area contributed by atoms with Gasteiger partial charge >= 0.3 is 5.91 Å². The predicted molar refractivity (Wildman–Crippen MR) is 149 cm³/mol. The molecule has 0 bridgehead atoms. The Hall–Kier alpha value is -4.43. The van der Waals surface area contributed by atoms with Crippen LogP contribution in [0, 0.1) is 13.8 Å². The number of hydrogen-bond acceptors (Lipinski definition) is 7. The molecule has 0 aliphatic carbocycles. The van der Waals surface area contributed by atoms with Gasteiger partial charge in [-0.2, -0.15) is 0 Å². The van der Waals surface area contributed by atoms with E-state index in [9.17, 15) is 14.7 Å². The molecule has 1 amide bonds. The Labute approximate surface area is 224 Å². The third-order valence-electron chi connectivity index (χ3n) is 6.42. The maximum Gasteiger partial charge on any atom is 0.301 e. The molecule has 1 fully saturated rings. The summed E-state index contributed by atoms with van der Waals surface area (Å²) in [5.41, 5.74) is 3.63. The number of aliphatic hydroxyl groups excluding tert-OH is 1. The molecule has 0 radical (unpaired) electrons. The highest BCUT2D eigenvalue weighted by Gasteiger charge is 2.48. The average molecular weight is 527 g/mol. The van der Waals surface area contributed by atoms with Crippen LogP contribution in [0.3, 0.4) is 0 Å². The minimum atomic E-state index is -0.882. The van der Waals surface area contributed by atoms with E-state index in [4.69, 9.17) is 9.47 Å². The number of amides is 1. The van der Waals surface area contributed by atoms with Crippen molar-refractivity contribution in [1.82, 2.24) is 4.98 Å². The van der Waals surface area contributed by atoms with Gasteiger partial charge in [-0.1, -0.05) is 42.2 Å². The first-order valence-corrected chi connectivity index (χ1v) is 12.8. The molecule has 1 aliphatic rings. The fourth-order valence-corrected chi connectivity index (χ4v) is 5.64. The van der Waals surface area contributed by atoms with E-state index in [2.05, 4.69) is 11.6 Å². The Kier molecular flexibility index (Phi) is 6.73. The molecule has 8 heteroatoms. The number of carbonyl (C=O) groups is 2. The van der Waals surface area contributed by atoms with Crippen molar-refractivity contribution in [2.75, 3.05) is 18.6 Å². The number of aryl methyl sites for hydroxylation is 2. The van der Waals surface area contributed by atoms with Gasteiger partial charge in [0, 0.05) is 5.56 Å². The van der Waals surface area contributed by atoms with Crippen LogP contribution in [-0.4, -0.2) is 35.5 Å². The second kappa shape index (κ2) is 10.1. The monoisotopic (exact) mass is 526 g/mol. The van der Waals surface area contributed by atoms with E-state index in [-0.39, 0.29) is 11.3 Å². The number of hydrogen-bond donors (Lipinski definition) is 1. The van der Waals surface area contributed by atoms with Crippen LogP contribution in [0.5, 0.6) is 11.5 Å². The van der Waals surface area contributed by atoms with Crippen LogP contribution in [0.4, 0.5) is 5.13 Å². The molecule has 0 saturated carbocycles. The van der Waals surface area contributed by atoms with Crippen molar-refractivity contribution in [3.63, 3.8) is 0 Å². The normalized spacial score (nSPS) is 16.7. The van der Waals surface area contributed by atoms with E-state index >= 15 is 0 Å². The van der Waals surface area contributed by atoms with Gasteiger partial charge in [0.05, 0.1) is 28.9 Å². The van der Waals surface area contributed by atoms with Gasteiger partial charge in [0.25, 0.3) is 5.78 Å². The first kappa shape index (κ1) is 25.2. The van der Waals surface area contributed by atoms with E-state index in [1.807, 2.05) is 32.0 Å². The number of Topliss-reactive ketones (excluding diaryl/α,β-unsaturated/α-hetero) is 1. The lowest BCUT2D eigenvalue weighted by atomic mass is 9.95. The number of ketones is 1. The molecule has 1 unspecified atom stereocenters. The molecule has 38 heavy (non-hydrogen) atoms. The highest BCUT2D eigenvalue weighted by molar-refractivity contribution is 7.22. The number of benzene rings is 3. The minimum Gasteiger partial charge on any atom is -0.507 e. The zero-order valence-electron chi connectivity index (χ0n) is 21.2.